The van der Waals surface area contributed by atoms with E-state index in [-0.39, 0.29) is 0 Å². The Balaban J connectivity index is 1.69. The zero-order valence-corrected chi connectivity index (χ0v) is 12.6. The summed E-state index contributed by atoms with van der Waals surface area (Å²) in [5, 5.41) is 3.68. The lowest BCUT2D eigenvalue weighted by molar-refractivity contribution is 0.0678. The van der Waals surface area contributed by atoms with Crippen molar-refractivity contribution in [2.75, 3.05) is 13.1 Å². The largest absolute Gasteiger partial charge is 0.311 e. The number of hydrogen-bond donors (Lipinski definition) is 1. The molecular weight excluding hydrogens is 246 g/mol. The fourth-order valence-electron chi connectivity index (χ4n) is 3.87. The van der Waals surface area contributed by atoms with Gasteiger partial charge in [0, 0.05) is 37.9 Å². The van der Waals surface area contributed by atoms with Crippen LogP contribution in [-0.2, 0) is 6.54 Å². The quantitative estimate of drug-likeness (QED) is 0.918. The molecule has 2 heterocycles. The van der Waals surface area contributed by atoms with Crippen LogP contribution in [0.2, 0.25) is 0 Å². The monoisotopic (exact) mass is 273 g/mol. The molecule has 1 aromatic rings. The van der Waals surface area contributed by atoms with Crippen LogP contribution in [0.5, 0.6) is 0 Å². The van der Waals surface area contributed by atoms with Crippen molar-refractivity contribution in [2.24, 2.45) is 5.92 Å². The van der Waals surface area contributed by atoms with Crippen LogP contribution in [0.25, 0.3) is 0 Å². The lowest BCUT2D eigenvalue weighted by Crippen LogP contribution is -2.57. The van der Waals surface area contributed by atoms with Crippen LogP contribution in [0.3, 0.4) is 0 Å². The summed E-state index contributed by atoms with van der Waals surface area (Å²) in [6.07, 6.45) is 9.03. The van der Waals surface area contributed by atoms with E-state index in [0.29, 0.717) is 12.1 Å². The smallest absolute Gasteiger partial charge is 0.0544 e. The lowest BCUT2D eigenvalue weighted by Gasteiger charge is -2.44. The first-order valence-corrected chi connectivity index (χ1v) is 8.20. The third-order valence-electron chi connectivity index (χ3n) is 4.94. The average Bonchev–Trinajstić information content (AvgIpc) is 2.49. The van der Waals surface area contributed by atoms with Crippen molar-refractivity contribution in [1.82, 2.24) is 15.2 Å². The van der Waals surface area contributed by atoms with E-state index in [4.69, 9.17) is 0 Å². The molecule has 1 aromatic heterocycles. The predicted octanol–water partition coefficient (Wildman–Crippen LogP) is 2.82. The first-order valence-electron chi connectivity index (χ1n) is 8.20. The van der Waals surface area contributed by atoms with Gasteiger partial charge in [0.25, 0.3) is 0 Å². The summed E-state index contributed by atoms with van der Waals surface area (Å²) in [5.74, 6) is 0.882. The van der Waals surface area contributed by atoms with Gasteiger partial charge in [0.2, 0.25) is 0 Å². The number of aromatic nitrogens is 1. The van der Waals surface area contributed by atoms with Gasteiger partial charge in [-0.15, -0.1) is 0 Å². The van der Waals surface area contributed by atoms with Crippen LogP contribution in [0.1, 0.15) is 44.7 Å². The molecule has 20 heavy (non-hydrogen) atoms. The van der Waals surface area contributed by atoms with E-state index < -0.39 is 0 Å². The summed E-state index contributed by atoms with van der Waals surface area (Å²) in [6.45, 7) is 5.60. The van der Waals surface area contributed by atoms with Gasteiger partial charge in [-0.05, 0) is 37.8 Å². The molecule has 3 nitrogen and oxygen atoms in total. The van der Waals surface area contributed by atoms with Crippen molar-refractivity contribution in [3.8, 4) is 0 Å². The fraction of sp³-hybridized carbons (Fsp3) is 0.706. The molecule has 1 N–H and O–H groups in total. The second-order valence-electron chi connectivity index (χ2n) is 6.53. The molecule has 2 fully saturated rings. The van der Waals surface area contributed by atoms with E-state index in [1.54, 1.807) is 0 Å². The van der Waals surface area contributed by atoms with Gasteiger partial charge in [-0.2, -0.15) is 0 Å². The van der Waals surface area contributed by atoms with Gasteiger partial charge in [0.1, 0.15) is 0 Å². The maximum Gasteiger partial charge on any atom is 0.0544 e. The maximum atomic E-state index is 4.52. The number of hydrogen-bond acceptors (Lipinski definition) is 3. The van der Waals surface area contributed by atoms with Crippen molar-refractivity contribution < 1.29 is 0 Å². The van der Waals surface area contributed by atoms with E-state index in [9.17, 15) is 0 Å². The zero-order valence-electron chi connectivity index (χ0n) is 12.6. The highest BCUT2D eigenvalue weighted by Crippen LogP contribution is 2.30. The second-order valence-corrected chi connectivity index (χ2v) is 6.53. The first kappa shape index (κ1) is 14.0. The molecule has 2 unspecified atom stereocenters. The SMILES string of the molecule is CC1CN(Cc2ccccn2)C(C2CCCCC2)CN1. The molecule has 0 aromatic carbocycles. The topological polar surface area (TPSA) is 28.2 Å². The fourth-order valence-corrected chi connectivity index (χ4v) is 3.87. The molecule has 0 radical (unpaired) electrons. The molecule has 1 saturated carbocycles. The van der Waals surface area contributed by atoms with Crippen LogP contribution in [0.15, 0.2) is 24.4 Å². The van der Waals surface area contributed by atoms with E-state index in [2.05, 4.69) is 34.3 Å². The van der Waals surface area contributed by atoms with E-state index in [0.717, 1.165) is 25.6 Å². The summed E-state index contributed by atoms with van der Waals surface area (Å²) in [6, 6.07) is 7.56. The molecular formula is C17H27N3. The molecule has 0 spiro atoms. The van der Waals surface area contributed by atoms with E-state index >= 15 is 0 Å². The molecule has 0 amide bonds. The average molecular weight is 273 g/mol. The number of nitrogens with one attached hydrogen (secondary N) is 1. The molecule has 0 bridgehead atoms. The Kier molecular flexibility index (Phi) is 4.69. The van der Waals surface area contributed by atoms with Crippen molar-refractivity contribution in [2.45, 2.75) is 57.7 Å². The van der Waals surface area contributed by atoms with Crippen molar-refractivity contribution in [3.05, 3.63) is 30.1 Å². The minimum atomic E-state index is 0.596. The number of nitrogens with zero attached hydrogens (tertiary/aromatic N) is 2. The lowest BCUT2D eigenvalue weighted by atomic mass is 9.82. The Morgan fingerprint density at radius 2 is 2.10 bits per heavy atom. The molecule has 3 heteroatoms. The number of rotatable bonds is 3. The van der Waals surface area contributed by atoms with Crippen molar-refractivity contribution in [1.29, 1.82) is 0 Å². The minimum absolute atomic E-state index is 0.596. The highest BCUT2D eigenvalue weighted by atomic mass is 15.2. The molecule has 2 aliphatic rings. The first-order chi connectivity index (χ1) is 9.83. The van der Waals surface area contributed by atoms with Gasteiger partial charge in [-0.25, -0.2) is 0 Å². The third-order valence-corrected chi connectivity index (χ3v) is 4.94. The molecule has 1 aliphatic carbocycles. The van der Waals surface area contributed by atoms with Crippen LogP contribution >= 0.6 is 0 Å². The van der Waals surface area contributed by atoms with Gasteiger partial charge in [-0.3, -0.25) is 9.88 Å². The van der Waals surface area contributed by atoms with Crippen LogP contribution in [-0.4, -0.2) is 35.1 Å². The standard InChI is InChI=1S/C17H27N3/c1-14-12-20(13-16-9-5-6-10-18-16)17(11-19-14)15-7-3-2-4-8-15/h5-6,9-10,14-15,17,19H,2-4,7-8,11-13H2,1H3. The second kappa shape index (κ2) is 6.68. The van der Waals surface area contributed by atoms with Gasteiger partial charge in [-0.1, -0.05) is 25.3 Å². The van der Waals surface area contributed by atoms with E-state index in [1.807, 2.05) is 12.3 Å². The third kappa shape index (κ3) is 3.39. The minimum Gasteiger partial charge on any atom is -0.311 e. The van der Waals surface area contributed by atoms with Gasteiger partial charge in [0.15, 0.2) is 0 Å². The highest BCUT2D eigenvalue weighted by Gasteiger charge is 2.32. The van der Waals surface area contributed by atoms with E-state index in [1.165, 1.54) is 37.8 Å². The van der Waals surface area contributed by atoms with Gasteiger partial charge in [0.05, 0.1) is 5.69 Å². The molecule has 2 atom stereocenters. The van der Waals surface area contributed by atoms with Crippen molar-refractivity contribution in [3.63, 3.8) is 0 Å². The molecule has 110 valence electrons. The normalized spacial score (nSPS) is 29.4. The Morgan fingerprint density at radius 1 is 1.25 bits per heavy atom. The van der Waals surface area contributed by atoms with Crippen LogP contribution < -0.4 is 5.32 Å². The number of pyridine rings is 1. The van der Waals surface area contributed by atoms with Crippen LogP contribution in [0, 0.1) is 5.92 Å². The summed E-state index contributed by atoms with van der Waals surface area (Å²) in [5.41, 5.74) is 1.21. The Labute approximate surface area is 122 Å². The summed E-state index contributed by atoms with van der Waals surface area (Å²) in [4.78, 5) is 7.20. The van der Waals surface area contributed by atoms with Gasteiger partial charge >= 0.3 is 0 Å². The summed E-state index contributed by atoms with van der Waals surface area (Å²) < 4.78 is 0. The molecule has 1 aliphatic heterocycles. The highest BCUT2D eigenvalue weighted by molar-refractivity contribution is 5.04. The number of piperazine rings is 1. The summed E-state index contributed by atoms with van der Waals surface area (Å²) in [7, 11) is 0. The Hall–Kier alpha value is -0.930. The predicted molar refractivity (Wildman–Crippen MR) is 82.5 cm³/mol. The Morgan fingerprint density at radius 3 is 2.85 bits per heavy atom. The van der Waals surface area contributed by atoms with Crippen molar-refractivity contribution >= 4 is 0 Å². The summed E-state index contributed by atoms with van der Waals surface area (Å²) >= 11 is 0. The maximum absolute atomic E-state index is 4.52. The van der Waals surface area contributed by atoms with Gasteiger partial charge < -0.3 is 5.32 Å². The zero-order chi connectivity index (χ0) is 13.8. The Bertz CT molecular complexity index is 400. The molecule has 1 saturated heterocycles. The van der Waals surface area contributed by atoms with Crippen LogP contribution in [0.4, 0.5) is 0 Å². The molecule has 3 rings (SSSR count).